The summed E-state index contributed by atoms with van der Waals surface area (Å²) in [4.78, 5) is 16.6. The number of aryl methyl sites for hydroxylation is 1. The molecular weight excluding hydrogens is 362 g/mol. The molecule has 26 heavy (non-hydrogen) atoms. The minimum atomic E-state index is -0.900. The third-order valence-electron chi connectivity index (χ3n) is 3.76. The summed E-state index contributed by atoms with van der Waals surface area (Å²) in [5.74, 6) is -1.64. The first-order valence-electron chi connectivity index (χ1n) is 7.84. The fourth-order valence-corrected chi connectivity index (χ4v) is 2.56. The van der Waals surface area contributed by atoms with Crippen LogP contribution in [0.2, 0.25) is 5.02 Å². The minimum absolute atomic E-state index is 0.120. The zero-order chi connectivity index (χ0) is 18.7. The van der Waals surface area contributed by atoms with Crippen LogP contribution in [0, 0.1) is 18.6 Å². The Bertz CT molecular complexity index is 989. The third kappa shape index (κ3) is 3.88. The molecule has 134 valence electrons. The molecule has 0 radical (unpaired) electrons. The van der Waals surface area contributed by atoms with Gasteiger partial charge in [0, 0.05) is 24.5 Å². The van der Waals surface area contributed by atoms with Crippen molar-refractivity contribution in [3.8, 4) is 5.69 Å². The Kier molecular flexibility index (Phi) is 5.27. The van der Waals surface area contributed by atoms with Crippen LogP contribution in [-0.2, 0) is 6.42 Å². The largest absolute Gasteiger partial charge is 0.382 e. The Morgan fingerprint density at radius 2 is 2.00 bits per heavy atom. The Balaban J connectivity index is 1.77. The fraction of sp³-hybridized carbons (Fsp3) is 0.167. The molecule has 3 aromatic rings. The van der Waals surface area contributed by atoms with Gasteiger partial charge in [0.1, 0.15) is 16.5 Å². The second kappa shape index (κ2) is 7.61. The average Bonchev–Trinajstić information content (AvgIpc) is 2.61. The number of halogens is 3. The van der Waals surface area contributed by atoms with E-state index < -0.39 is 17.2 Å². The summed E-state index contributed by atoms with van der Waals surface area (Å²) in [5.41, 5.74) is 1.45. The van der Waals surface area contributed by atoms with Crippen LogP contribution in [0.3, 0.4) is 0 Å². The van der Waals surface area contributed by atoms with Crippen molar-refractivity contribution in [2.75, 3.05) is 11.9 Å². The van der Waals surface area contributed by atoms with Gasteiger partial charge in [0.25, 0.3) is 5.56 Å². The number of hydrogen-bond acceptors (Lipinski definition) is 4. The molecule has 3 rings (SSSR count). The van der Waals surface area contributed by atoms with Crippen molar-refractivity contribution >= 4 is 17.3 Å². The number of hydrogen-bond donors (Lipinski definition) is 1. The molecular formula is C18H15ClF2N4O. The summed E-state index contributed by atoms with van der Waals surface area (Å²) < 4.78 is 27.7. The molecule has 0 saturated heterocycles. The lowest BCUT2D eigenvalue weighted by Gasteiger charge is -2.11. The van der Waals surface area contributed by atoms with Crippen molar-refractivity contribution in [2.45, 2.75) is 13.3 Å². The predicted octanol–water partition coefficient (Wildman–Crippen LogP) is 3.52. The van der Waals surface area contributed by atoms with Gasteiger partial charge in [-0.25, -0.2) is 8.78 Å². The Labute approximate surface area is 153 Å². The van der Waals surface area contributed by atoms with Crippen molar-refractivity contribution in [1.82, 2.24) is 14.8 Å². The summed E-state index contributed by atoms with van der Waals surface area (Å²) >= 11 is 6.09. The topological polar surface area (TPSA) is 59.8 Å². The molecule has 1 aromatic carbocycles. The fourth-order valence-electron chi connectivity index (χ4n) is 2.37. The van der Waals surface area contributed by atoms with Gasteiger partial charge in [0.15, 0.2) is 5.82 Å². The van der Waals surface area contributed by atoms with Gasteiger partial charge >= 0.3 is 0 Å². The van der Waals surface area contributed by atoms with Crippen LogP contribution < -0.4 is 10.9 Å². The molecule has 0 amide bonds. The highest BCUT2D eigenvalue weighted by Crippen LogP contribution is 2.18. The van der Waals surface area contributed by atoms with E-state index in [-0.39, 0.29) is 10.7 Å². The van der Waals surface area contributed by atoms with E-state index in [4.69, 9.17) is 11.6 Å². The number of anilines is 1. The molecule has 2 aromatic heterocycles. The summed E-state index contributed by atoms with van der Waals surface area (Å²) in [6.07, 6.45) is 3.80. The van der Waals surface area contributed by atoms with Crippen LogP contribution in [0.15, 0.2) is 47.5 Å². The van der Waals surface area contributed by atoms with E-state index in [1.54, 1.807) is 6.20 Å². The number of benzene rings is 1. The number of aromatic nitrogens is 3. The third-order valence-corrected chi connectivity index (χ3v) is 4.12. The summed E-state index contributed by atoms with van der Waals surface area (Å²) in [6, 6.07) is 6.75. The van der Waals surface area contributed by atoms with Gasteiger partial charge < -0.3 is 5.32 Å². The molecule has 1 N–H and O–H groups in total. The second-order valence-electron chi connectivity index (χ2n) is 5.67. The lowest BCUT2D eigenvalue weighted by molar-refractivity contribution is 0.571. The monoisotopic (exact) mass is 376 g/mol. The zero-order valence-electron chi connectivity index (χ0n) is 13.8. The van der Waals surface area contributed by atoms with Gasteiger partial charge in [0.05, 0.1) is 11.9 Å². The van der Waals surface area contributed by atoms with E-state index in [0.717, 1.165) is 28.1 Å². The maximum atomic E-state index is 13.9. The summed E-state index contributed by atoms with van der Waals surface area (Å²) in [7, 11) is 0. The van der Waals surface area contributed by atoms with E-state index in [1.165, 1.54) is 6.20 Å². The molecule has 0 unspecified atom stereocenters. The van der Waals surface area contributed by atoms with Gasteiger partial charge in [-0.15, -0.1) is 0 Å². The van der Waals surface area contributed by atoms with Crippen LogP contribution in [0.4, 0.5) is 14.5 Å². The van der Waals surface area contributed by atoms with Gasteiger partial charge in [-0.05, 0) is 37.1 Å². The first-order valence-corrected chi connectivity index (χ1v) is 8.22. The summed E-state index contributed by atoms with van der Waals surface area (Å²) in [6.45, 7) is 2.42. The number of nitrogens with zero attached hydrogens (tertiary/aromatic N) is 3. The van der Waals surface area contributed by atoms with Gasteiger partial charge in [0.2, 0.25) is 0 Å². The summed E-state index contributed by atoms with van der Waals surface area (Å²) in [5, 5.41) is 6.83. The maximum absolute atomic E-state index is 13.9. The standard InChI is InChI=1S/C18H15ClF2N4O/c1-11-2-3-12(9-23-11)6-7-22-15-10-24-25(18(26)17(15)19)16-5-4-13(20)8-14(16)21/h2-5,8-10,22H,6-7H2,1H3. The van der Waals surface area contributed by atoms with Crippen molar-refractivity contribution < 1.29 is 8.78 Å². The number of nitrogens with one attached hydrogen (secondary N) is 1. The zero-order valence-corrected chi connectivity index (χ0v) is 14.6. The van der Waals surface area contributed by atoms with E-state index in [0.29, 0.717) is 24.7 Å². The van der Waals surface area contributed by atoms with Crippen molar-refractivity contribution in [3.63, 3.8) is 0 Å². The molecule has 8 heteroatoms. The van der Waals surface area contributed by atoms with E-state index >= 15 is 0 Å². The number of rotatable bonds is 5. The van der Waals surface area contributed by atoms with Gasteiger partial charge in [-0.2, -0.15) is 9.78 Å². The van der Waals surface area contributed by atoms with Gasteiger partial charge in [-0.1, -0.05) is 17.7 Å². The number of pyridine rings is 1. The van der Waals surface area contributed by atoms with Crippen LogP contribution in [0.25, 0.3) is 5.69 Å². The molecule has 0 bridgehead atoms. The highest BCUT2D eigenvalue weighted by Gasteiger charge is 2.14. The highest BCUT2D eigenvalue weighted by atomic mass is 35.5. The Morgan fingerprint density at radius 3 is 2.69 bits per heavy atom. The van der Waals surface area contributed by atoms with E-state index in [2.05, 4.69) is 15.4 Å². The van der Waals surface area contributed by atoms with Gasteiger partial charge in [-0.3, -0.25) is 9.78 Å². The lowest BCUT2D eigenvalue weighted by atomic mass is 10.2. The minimum Gasteiger partial charge on any atom is -0.382 e. The quantitative estimate of drug-likeness (QED) is 0.740. The molecule has 0 aliphatic rings. The maximum Gasteiger partial charge on any atom is 0.292 e. The molecule has 2 heterocycles. The normalized spacial score (nSPS) is 10.8. The SMILES string of the molecule is Cc1ccc(CCNc2cnn(-c3ccc(F)cc3F)c(=O)c2Cl)cn1. The van der Waals surface area contributed by atoms with Crippen molar-refractivity contribution in [1.29, 1.82) is 0 Å². The average molecular weight is 377 g/mol. The van der Waals surface area contributed by atoms with E-state index in [9.17, 15) is 13.6 Å². The smallest absolute Gasteiger partial charge is 0.292 e. The Morgan fingerprint density at radius 1 is 1.19 bits per heavy atom. The Hall–Kier alpha value is -2.80. The molecule has 0 aliphatic carbocycles. The van der Waals surface area contributed by atoms with E-state index in [1.807, 2.05) is 19.1 Å². The van der Waals surface area contributed by atoms with Crippen molar-refractivity contribution in [3.05, 3.63) is 81.0 Å². The molecule has 0 aliphatic heterocycles. The van der Waals surface area contributed by atoms with Crippen LogP contribution in [0.1, 0.15) is 11.3 Å². The van der Waals surface area contributed by atoms with Crippen LogP contribution in [-0.4, -0.2) is 21.3 Å². The predicted molar refractivity (Wildman–Crippen MR) is 95.9 cm³/mol. The first-order chi connectivity index (χ1) is 12.5. The molecule has 0 fully saturated rings. The van der Waals surface area contributed by atoms with Crippen molar-refractivity contribution in [2.24, 2.45) is 0 Å². The highest BCUT2D eigenvalue weighted by molar-refractivity contribution is 6.32. The van der Waals surface area contributed by atoms with Crippen LogP contribution >= 0.6 is 11.6 Å². The first kappa shape index (κ1) is 18.0. The molecule has 0 atom stereocenters. The molecule has 0 saturated carbocycles. The second-order valence-corrected chi connectivity index (χ2v) is 6.05. The lowest BCUT2D eigenvalue weighted by Crippen LogP contribution is -2.24. The van der Waals surface area contributed by atoms with Crippen LogP contribution in [0.5, 0.6) is 0 Å². The molecule has 5 nitrogen and oxygen atoms in total. The molecule has 0 spiro atoms.